The van der Waals surface area contributed by atoms with Gasteiger partial charge in [-0.05, 0) is 54.6 Å². The topological polar surface area (TPSA) is 21.3 Å². The number of fused-ring (bicyclic) bond motifs is 2. The van der Waals surface area contributed by atoms with E-state index in [1.807, 2.05) is 12.1 Å². The third kappa shape index (κ3) is 3.28. The Morgan fingerprint density at radius 1 is 1.33 bits per heavy atom. The van der Waals surface area contributed by atoms with E-state index < -0.39 is 0 Å². The van der Waals surface area contributed by atoms with Crippen LogP contribution in [0.1, 0.15) is 31.2 Å². The molecule has 3 atom stereocenters. The number of rotatable bonds is 7. The zero-order chi connectivity index (χ0) is 14.7. The smallest absolute Gasteiger partial charge is 0.0587 e. The molecule has 2 aliphatic rings. The number of benzene rings is 1. The predicted octanol–water partition coefficient (Wildman–Crippen LogP) is 3.92. The van der Waals surface area contributed by atoms with Gasteiger partial charge in [0.05, 0.1) is 6.61 Å². The SMILES string of the molecule is COCCNCC1(Cc2ccccc2Cl)CC2CCC1C2. The Morgan fingerprint density at radius 3 is 2.86 bits per heavy atom. The highest BCUT2D eigenvalue weighted by atomic mass is 35.5. The van der Waals surface area contributed by atoms with Gasteiger partial charge in [0.15, 0.2) is 0 Å². The van der Waals surface area contributed by atoms with Crippen LogP contribution in [0.4, 0.5) is 0 Å². The molecule has 0 radical (unpaired) electrons. The fourth-order valence-electron chi connectivity index (χ4n) is 4.59. The molecule has 1 aromatic rings. The monoisotopic (exact) mass is 307 g/mol. The van der Waals surface area contributed by atoms with E-state index in [1.165, 1.54) is 31.2 Å². The highest BCUT2D eigenvalue weighted by Gasteiger charge is 2.50. The number of halogens is 1. The number of nitrogens with one attached hydrogen (secondary N) is 1. The Morgan fingerprint density at radius 2 is 2.19 bits per heavy atom. The summed E-state index contributed by atoms with van der Waals surface area (Å²) in [5, 5.41) is 4.55. The molecule has 2 nitrogen and oxygen atoms in total. The molecule has 2 aliphatic carbocycles. The molecule has 3 heteroatoms. The van der Waals surface area contributed by atoms with Gasteiger partial charge >= 0.3 is 0 Å². The van der Waals surface area contributed by atoms with E-state index in [4.69, 9.17) is 16.3 Å². The van der Waals surface area contributed by atoms with E-state index in [0.29, 0.717) is 5.41 Å². The van der Waals surface area contributed by atoms with Crippen LogP contribution in [0.5, 0.6) is 0 Å². The van der Waals surface area contributed by atoms with Crippen molar-refractivity contribution >= 4 is 11.6 Å². The van der Waals surface area contributed by atoms with Gasteiger partial charge in [0.2, 0.25) is 0 Å². The Kier molecular flexibility index (Phi) is 4.88. The first-order chi connectivity index (χ1) is 10.2. The molecule has 0 aliphatic heterocycles. The van der Waals surface area contributed by atoms with Crippen molar-refractivity contribution in [3.63, 3.8) is 0 Å². The van der Waals surface area contributed by atoms with Crippen LogP contribution >= 0.6 is 11.6 Å². The van der Waals surface area contributed by atoms with Gasteiger partial charge in [-0.25, -0.2) is 0 Å². The summed E-state index contributed by atoms with van der Waals surface area (Å²) < 4.78 is 5.16. The van der Waals surface area contributed by atoms with Crippen LogP contribution in [0.15, 0.2) is 24.3 Å². The molecule has 3 rings (SSSR count). The lowest BCUT2D eigenvalue weighted by molar-refractivity contribution is 0.145. The Balaban J connectivity index is 1.72. The zero-order valence-electron chi connectivity index (χ0n) is 12.9. The summed E-state index contributed by atoms with van der Waals surface area (Å²) in [6, 6.07) is 8.36. The van der Waals surface area contributed by atoms with Crippen LogP contribution in [0, 0.1) is 17.3 Å². The lowest BCUT2D eigenvalue weighted by Gasteiger charge is -2.38. The van der Waals surface area contributed by atoms with Crippen molar-refractivity contribution in [3.05, 3.63) is 34.9 Å². The van der Waals surface area contributed by atoms with E-state index in [2.05, 4.69) is 17.4 Å². The van der Waals surface area contributed by atoms with Gasteiger partial charge in [-0.3, -0.25) is 0 Å². The second-order valence-electron chi connectivity index (χ2n) is 6.88. The zero-order valence-corrected chi connectivity index (χ0v) is 13.7. The normalized spacial score (nSPS) is 31.0. The third-order valence-corrected chi connectivity index (χ3v) is 5.93. The van der Waals surface area contributed by atoms with Crippen molar-refractivity contribution < 1.29 is 4.74 Å². The molecule has 1 aromatic carbocycles. The van der Waals surface area contributed by atoms with Gasteiger partial charge in [-0.15, -0.1) is 0 Å². The van der Waals surface area contributed by atoms with E-state index in [1.54, 1.807) is 7.11 Å². The number of methoxy groups -OCH3 is 1. The standard InChI is InChI=1S/C18H26ClNO/c1-21-9-8-20-13-18(11-14-6-7-16(18)10-14)12-15-4-2-3-5-17(15)19/h2-5,14,16,20H,6-13H2,1H3. The highest BCUT2D eigenvalue weighted by molar-refractivity contribution is 6.31. The van der Waals surface area contributed by atoms with Crippen LogP contribution in [-0.4, -0.2) is 26.8 Å². The first kappa shape index (κ1) is 15.3. The van der Waals surface area contributed by atoms with Gasteiger partial charge in [0.25, 0.3) is 0 Å². The summed E-state index contributed by atoms with van der Waals surface area (Å²) >= 11 is 6.41. The quantitative estimate of drug-likeness (QED) is 0.771. The number of hydrogen-bond acceptors (Lipinski definition) is 2. The van der Waals surface area contributed by atoms with Gasteiger partial charge in [-0.1, -0.05) is 36.2 Å². The molecular weight excluding hydrogens is 282 g/mol. The summed E-state index contributed by atoms with van der Waals surface area (Å²) in [7, 11) is 1.76. The molecule has 3 unspecified atom stereocenters. The maximum atomic E-state index is 6.41. The maximum Gasteiger partial charge on any atom is 0.0587 e. The fraction of sp³-hybridized carbons (Fsp3) is 0.667. The average molecular weight is 308 g/mol. The minimum absolute atomic E-state index is 0.404. The molecule has 2 fully saturated rings. The van der Waals surface area contributed by atoms with Gasteiger partial charge in [0.1, 0.15) is 0 Å². The predicted molar refractivity (Wildman–Crippen MR) is 87.8 cm³/mol. The lowest BCUT2D eigenvalue weighted by Crippen LogP contribution is -2.41. The molecule has 0 saturated heterocycles. The van der Waals surface area contributed by atoms with Crippen molar-refractivity contribution in [1.29, 1.82) is 0 Å². The molecule has 2 saturated carbocycles. The summed E-state index contributed by atoms with van der Waals surface area (Å²) in [5.41, 5.74) is 1.72. The Hall–Kier alpha value is -0.570. The van der Waals surface area contributed by atoms with Crippen LogP contribution in [0.3, 0.4) is 0 Å². The first-order valence-corrected chi connectivity index (χ1v) is 8.54. The molecular formula is C18H26ClNO. The molecule has 0 heterocycles. The van der Waals surface area contributed by atoms with E-state index in [9.17, 15) is 0 Å². The minimum atomic E-state index is 0.404. The van der Waals surface area contributed by atoms with Crippen molar-refractivity contribution in [2.45, 2.75) is 32.1 Å². The number of ether oxygens (including phenoxy) is 1. The second kappa shape index (κ2) is 6.68. The summed E-state index contributed by atoms with van der Waals surface area (Å²) in [6.07, 6.45) is 6.75. The van der Waals surface area contributed by atoms with Crippen LogP contribution in [0.2, 0.25) is 5.02 Å². The molecule has 21 heavy (non-hydrogen) atoms. The first-order valence-electron chi connectivity index (χ1n) is 8.16. The van der Waals surface area contributed by atoms with Crippen LogP contribution in [-0.2, 0) is 11.2 Å². The van der Waals surface area contributed by atoms with Gasteiger partial charge in [0, 0.05) is 25.2 Å². The molecule has 1 N–H and O–H groups in total. The summed E-state index contributed by atoms with van der Waals surface area (Å²) in [4.78, 5) is 0. The van der Waals surface area contributed by atoms with Gasteiger partial charge < -0.3 is 10.1 Å². The fourth-order valence-corrected chi connectivity index (χ4v) is 4.79. The van der Waals surface area contributed by atoms with Gasteiger partial charge in [-0.2, -0.15) is 0 Å². The largest absolute Gasteiger partial charge is 0.383 e. The van der Waals surface area contributed by atoms with Crippen LogP contribution in [0.25, 0.3) is 0 Å². The van der Waals surface area contributed by atoms with E-state index in [0.717, 1.165) is 43.0 Å². The Labute approximate surface area is 133 Å². The highest BCUT2D eigenvalue weighted by Crippen LogP contribution is 2.57. The average Bonchev–Trinajstić information content (AvgIpc) is 3.07. The molecule has 0 amide bonds. The summed E-state index contributed by atoms with van der Waals surface area (Å²) in [6.45, 7) is 2.83. The Bertz CT molecular complexity index is 478. The molecule has 116 valence electrons. The summed E-state index contributed by atoms with van der Waals surface area (Å²) in [5.74, 6) is 1.82. The van der Waals surface area contributed by atoms with Crippen molar-refractivity contribution in [2.75, 3.05) is 26.8 Å². The van der Waals surface area contributed by atoms with Crippen molar-refractivity contribution in [3.8, 4) is 0 Å². The van der Waals surface area contributed by atoms with Crippen LogP contribution < -0.4 is 5.32 Å². The lowest BCUT2D eigenvalue weighted by atomic mass is 9.69. The maximum absolute atomic E-state index is 6.41. The van der Waals surface area contributed by atoms with E-state index >= 15 is 0 Å². The molecule has 2 bridgehead atoms. The van der Waals surface area contributed by atoms with Crippen molar-refractivity contribution in [2.24, 2.45) is 17.3 Å². The van der Waals surface area contributed by atoms with Crippen molar-refractivity contribution in [1.82, 2.24) is 5.32 Å². The number of hydrogen-bond donors (Lipinski definition) is 1. The minimum Gasteiger partial charge on any atom is -0.383 e. The molecule has 0 aromatic heterocycles. The third-order valence-electron chi connectivity index (χ3n) is 5.56. The van der Waals surface area contributed by atoms with E-state index in [-0.39, 0.29) is 0 Å². The second-order valence-corrected chi connectivity index (χ2v) is 7.29. The molecule has 0 spiro atoms.